The standard InChI is InChI=1S/C20H23N3O3/c1-2-26-19(24)16-8-10-17(11-9-16)21-20(25)23-14-12-22(13-15-23)18-6-4-3-5-7-18/h3-11H,2,12-15H2,1H3,(H,21,25). The van der Waals surface area contributed by atoms with Crippen LogP contribution in [0.15, 0.2) is 54.6 Å². The Bertz CT molecular complexity index is 739. The largest absolute Gasteiger partial charge is 0.462 e. The molecule has 1 fully saturated rings. The second-order valence-corrected chi connectivity index (χ2v) is 6.04. The van der Waals surface area contributed by atoms with Gasteiger partial charge in [-0.05, 0) is 43.3 Å². The number of anilines is 2. The van der Waals surface area contributed by atoms with E-state index in [1.165, 1.54) is 5.69 Å². The molecule has 2 aromatic rings. The van der Waals surface area contributed by atoms with E-state index in [2.05, 4.69) is 22.3 Å². The van der Waals surface area contributed by atoms with Crippen LogP contribution in [0.25, 0.3) is 0 Å². The van der Waals surface area contributed by atoms with Gasteiger partial charge in [-0.15, -0.1) is 0 Å². The lowest BCUT2D eigenvalue weighted by Crippen LogP contribution is -2.50. The molecule has 1 N–H and O–H groups in total. The average molecular weight is 353 g/mol. The Morgan fingerprint density at radius 3 is 2.23 bits per heavy atom. The van der Waals surface area contributed by atoms with E-state index in [9.17, 15) is 9.59 Å². The van der Waals surface area contributed by atoms with Gasteiger partial charge in [0.25, 0.3) is 0 Å². The zero-order valence-electron chi connectivity index (χ0n) is 14.9. The van der Waals surface area contributed by atoms with Gasteiger partial charge in [0, 0.05) is 37.6 Å². The first kappa shape index (κ1) is 17.8. The summed E-state index contributed by atoms with van der Waals surface area (Å²) in [6.45, 7) is 5.05. The highest BCUT2D eigenvalue weighted by Gasteiger charge is 2.21. The molecule has 6 heteroatoms. The van der Waals surface area contributed by atoms with Crippen molar-refractivity contribution in [3.8, 4) is 0 Å². The van der Waals surface area contributed by atoms with E-state index in [1.54, 1.807) is 36.1 Å². The van der Waals surface area contributed by atoms with Crippen LogP contribution >= 0.6 is 0 Å². The number of esters is 1. The number of benzene rings is 2. The van der Waals surface area contributed by atoms with E-state index in [1.807, 2.05) is 18.2 Å². The minimum absolute atomic E-state index is 0.124. The lowest BCUT2D eigenvalue weighted by molar-refractivity contribution is 0.0526. The maximum absolute atomic E-state index is 12.4. The van der Waals surface area contributed by atoms with Gasteiger partial charge in [0.05, 0.1) is 12.2 Å². The Labute approximate surface area is 153 Å². The molecule has 6 nitrogen and oxygen atoms in total. The number of piperazine rings is 1. The molecule has 0 spiro atoms. The van der Waals surface area contributed by atoms with E-state index in [4.69, 9.17) is 4.74 Å². The summed E-state index contributed by atoms with van der Waals surface area (Å²) >= 11 is 0. The average Bonchev–Trinajstić information content (AvgIpc) is 2.69. The summed E-state index contributed by atoms with van der Waals surface area (Å²) < 4.78 is 4.95. The monoisotopic (exact) mass is 353 g/mol. The summed E-state index contributed by atoms with van der Waals surface area (Å²) in [7, 11) is 0. The van der Waals surface area contributed by atoms with Crippen LogP contribution in [-0.2, 0) is 4.74 Å². The van der Waals surface area contributed by atoms with Gasteiger partial charge < -0.3 is 19.9 Å². The van der Waals surface area contributed by atoms with E-state index >= 15 is 0 Å². The zero-order valence-corrected chi connectivity index (χ0v) is 14.9. The molecule has 0 aromatic heterocycles. The summed E-state index contributed by atoms with van der Waals surface area (Å²) in [4.78, 5) is 28.2. The molecule has 3 rings (SSSR count). The fourth-order valence-electron chi connectivity index (χ4n) is 2.91. The SMILES string of the molecule is CCOC(=O)c1ccc(NC(=O)N2CCN(c3ccccc3)CC2)cc1. The van der Waals surface area contributed by atoms with Crippen molar-refractivity contribution >= 4 is 23.4 Å². The second kappa shape index (κ2) is 8.38. The smallest absolute Gasteiger partial charge is 0.338 e. The summed E-state index contributed by atoms with van der Waals surface area (Å²) in [6.07, 6.45) is 0. The molecule has 2 aromatic carbocycles. The van der Waals surface area contributed by atoms with Crippen molar-refractivity contribution in [2.45, 2.75) is 6.92 Å². The molecule has 1 aliphatic rings. The number of carbonyl (C=O) groups is 2. The van der Waals surface area contributed by atoms with E-state index in [-0.39, 0.29) is 12.0 Å². The van der Waals surface area contributed by atoms with Crippen LogP contribution in [0.1, 0.15) is 17.3 Å². The fraction of sp³-hybridized carbons (Fsp3) is 0.300. The Hall–Kier alpha value is -3.02. The lowest BCUT2D eigenvalue weighted by Gasteiger charge is -2.36. The van der Waals surface area contributed by atoms with Crippen molar-refractivity contribution in [1.82, 2.24) is 4.90 Å². The van der Waals surface area contributed by atoms with Gasteiger partial charge in [-0.1, -0.05) is 18.2 Å². The molecule has 136 valence electrons. The number of rotatable bonds is 4. The minimum atomic E-state index is -0.359. The molecular weight excluding hydrogens is 330 g/mol. The van der Waals surface area contributed by atoms with Crippen molar-refractivity contribution in [1.29, 1.82) is 0 Å². The first-order chi connectivity index (χ1) is 12.7. The number of urea groups is 1. The van der Waals surface area contributed by atoms with Crippen molar-refractivity contribution in [2.24, 2.45) is 0 Å². The highest BCUT2D eigenvalue weighted by atomic mass is 16.5. The Balaban J connectivity index is 1.52. The van der Waals surface area contributed by atoms with Gasteiger partial charge in [-0.2, -0.15) is 0 Å². The molecule has 0 radical (unpaired) electrons. The predicted molar refractivity (Wildman–Crippen MR) is 102 cm³/mol. The zero-order chi connectivity index (χ0) is 18.4. The van der Waals surface area contributed by atoms with Gasteiger partial charge in [0.2, 0.25) is 0 Å². The summed E-state index contributed by atoms with van der Waals surface area (Å²) in [5.74, 6) is -0.359. The molecule has 0 aliphatic carbocycles. The van der Waals surface area contributed by atoms with Crippen LogP contribution in [0.2, 0.25) is 0 Å². The first-order valence-electron chi connectivity index (χ1n) is 8.80. The molecule has 26 heavy (non-hydrogen) atoms. The van der Waals surface area contributed by atoms with Crippen LogP contribution in [0.3, 0.4) is 0 Å². The third-order valence-corrected chi connectivity index (χ3v) is 4.34. The molecule has 1 heterocycles. The number of hydrogen-bond acceptors (Lipinski definition) is 4. The number of nitrogens with one attached hydrogen (secondary N) is 1. The number of para-hydroxylation sites is 1. The number of amides is 2. The quantitative estimate of drug-likeness (QED) is 0.858. The van der Waals surface area contributed by atoms with E-state index < -0.39 is 0 Å². The highest BCUT2D eigenvalue weighted by molar-refractivity contribution is 5.92. The topological polar surface area (TPSA) is 61.9 Å². The van der Waals surface area contributed by atoms with Gasteiger partial charge in [-0.25, -0.2) is 9.59 Å². The Kier molecular flexibility index (Phi) is 5.73. The van der Waals surface area contributed by atoms with Crippen LogP contribution in [0.5, 0.6) is 0 Å². The normalized spacial score (nSPS) is 14.0. The van der Waals surface area contributed by atoms with Gasteiger partial charge in [-0.3, -0.25) is 0 Å². The molecule has 0 bridgehead atoms. The molecule has 0 atom stereocenters. The number of nitrogens with zero attached hydrogens (tertiary/aromatic N) is 2. The predicted octanol–water partition coefficient (Wildman–Crippen LogP) is 3.22. The lowest BCUT2D eigenvalue weighted by atomic mass is 10.2. The maximum atomic E-state index is 12.4. The number of carbonyl (C=O) groups excluding carboxylic acids is 2. The van der Waals surface area contributed by atoms with E-state index in [0.29, 0.717) is 30.9 Å². The summed E-state index contributed by atoms with van der Waals surface area (Å²) in [5.41, 5.74) is 2.32. The van der Waals surface area contributed by atoms with Crippen LogP contribution in [0, 0.1) is 0 Å². The third kappa shape index (κ3) is 4.33. The second-order valence-electron chi connectivity index (χ2n) is 6.04. The summed E-state index contributed by atoms with van der Waals surface area (Å²) in [6, 6.07) is 16.8. The number of ether oxygens (including phenoxy) is 1. The molecule has 0 unspecified atom stereocenters. The van der Waals surface area contributed by atoms with Crippen molar-refractivity contribution < 1.29 is 14.3 Å². The fourth-order valence-corrected chi connectivity index (χ4v) is 2.91. The summed E-state index contributed by atoms with van der Waals surface area (Å²) in [5, 5.41) is 2.88. The molecule has 1 aliphatic heterocycles. The maximum Gasteiger partial charge on any atom is 0.338 e. The Morgan fingerprint density at radius 2 is 1.62 bits per heavy atom. The van der Waals surface area contributed by atoms with Gasteiger partial charge in [0.15, 0.2) is 0 Å². The van der Waals surface area contributed by atoms with E-state index in [0.717, 1.165) is 13.1 Å². The molecular formula is C20H23N3O3. The number of hydrogen-bond donors (Lipinski definition) is 1. The van der Waals surface area contributed by atoms with Crippen molar-refractivity contribution in [2.75, 3.05) is 43.0 Å². The van der Waals surface area contributed by atoms with Crippen LogP contribution < -0.4 is 10.2 Å². The van der Waals surface area contributed by atoms with Crippen LogP contribution in [0.4, 0.5) is 16.2 Å². The van der Waals surface area contributed by atoms with Crippen LogP contribution in [-0.4, -0.2) is 49.7 Å². The van der Waals surface area contributed by atoms with Crippen molar-refractivity contribution in [3.63, 3.8) is 0 Å². The third-order valence-electron chi connectivity index (χ3n) is 4.34. The molecule has 2 amide bonds. The van der Waals surface area contributed by atoms with Gasteiger partial charge >= 0.3 is 12.0 Å². The molecule has 0 saturated carbocycles. The first-order valence-corrected chi connectivity index (χ1v) is 8.80. The van der Waals surface area contributed by atoms with Gasteiger partial charge in [0.1, 0.15) is 0 Å². The molecule has 1 saturated heterocycles. The minimum Gasteiger partial charge on any atom is -0.462 e. The Morgan fingerprint density at radius 1 is 0.962 bits per heavy atom. The highest BCUT2D eigenvalue weighted by Crippen LogP contribution is 2.17. The van der Waals surface area contributed by atoms with Crippen molar-refractivity contribution in [3.05, 3.63) is 60.2 Å².